The molecule has 0 aliphatic carbocycles. The second-order valence-corrected chi connectivity index (χ2v) is 1.96. The van der Waals surface area contributed by atoms with Gasteiger partial charge in [0.1, 0.15) is 6.10 Å². The maximum atomic E-state index is 8.99. The molecule has 1 aliphatic heterocycles. The Hall–Kier alpha value is -0.610. The van der Waals surface area contributed by atoms with Crippen LogP contribution in [0, 0.1) is 0 Å². The number of ether oxygens (including phenoxy) is 1. The normalized spacial score (nSPS) is 36.1. The third-order valence-electron chi connectivity index (χ3n) is 1.32. The van der Waals surface area contributed by atoms with Crippen LogP contribution in [-0.2, 0) is 4.74 Å². The summed E-state index contributed by atoms with van der Waals surface area (Å²) < 4.78 is 4.95. The van der Waals surface area contributed by atoms with E-state index in [1.54, 1.807) is 0 Å². The van der Waals surface area contributed by atoms with Crippen molar-refractivity contribution in [3.8, 4) is 0 Å². The third kappa shape index (κ3) is 1.40. The van der Waals surface area contributed by atoms with Gasteiger partial charge in [0.2, 0.25) is 0 Å². The molecular formula is C5H9NO3. The average molecular weight is 131 g/mol. The van der Waals surface area contributed by atoms with Crippen LogP contribution < -0.4 is 0 Å². The van der Waals surface area contributed by atoms with E-state index in [4.69, 9.17) is 15.1 Å². The van der Waals surface area contributed by atoms with E-state index < -0.39 is 12.2 Å². The minimum atomic E-state index is -0.499. The van der Waals surface area contributed by atoms with Gasteiger partial charge in [-0.1, -0.05) is 5.16 Å². The Balaban J connectivity index is 2.39. The van der Waals surface area contributed by atoms with Gasteiger partial charge in [-0.25, -0.2) is 0 Å². The fourth-order valence-corrected chi connectivity index (χ4v) is 0.808. The van der Waals surface area contributed by atoms with Gasteiger partial charge in [0.15, 0.2) is 0 Å². The van der Waals surface area contributed by atoms with Crippen molar-refractivity contribution in [1.82, 2.24) is 0 Å². The number of aliphatic hydroxyl groups is 1. The molecular weight excluding hydrogens is 122 g/mol. The van der Waals surface area contributed by atoms with Crippen LogP contribution in [0.25, 0.3) is 0 Å². The molecule has 0 amide bonds. The molecule has 0 aromatic rings. The van der Waals surface area contributed by atoms with E-state index in [2.05, 4.69) is 5.16 Å². The highest BCUT2D eigenvalue weighted by molar-refractivity contribution is 5.63. The first kappa shape index (κ1) is 6.51. The summed E-state index contributed by atoms with van der Waals surface area (Å²) in [5.41, 5.74) is 0. The first-order chi connectivity index (χ1) is 4.34. The number of rotatable bonds is 1. The molecule has 4 nitrogen and oxygen atoms in total. The van der Waals surface area contributed by atoms with Gasteiger partial charge >= 0.3 is 0 Å². The molecule has 0 aromatic heterocycles. The summed E-state index contributed by atoms with van der Waals surface area (Å²) in [6, 6.07) is 0. The fraction of sp³-hybridized carbons (Fsp3) is 0.800. The smallest absolute Gasteiger partial charge is 0.122 e. The lowest BCUT2D eigenvalue weighted by molar-refractivity contribution is 0.0884. The SMILES string of the molecule is O/N=C/[C@H]1OCC[C@H]1O. The largest absolute Gasteiger partial charge is 0.411 e. The van der Waals surface area contributed by atoms with Crippen molar-refractivity contribution < 1.29 is 15.1 Å². The number of oxime groups is 1. The van der Waals surface area contributed by atoms with Crippen LogP contribution in [0.2, 0.25) is 0 Å². The molecule has 1 heterocycles. The van der Waals surface area contributed by atoms with Crippen LogP contribution in [0.1, 0.15) is 6.42 Å². The Morgan fingerprint density at radius 2 is 2.44 bits per heavy atom. The van der Waals surface area contributed by atoms with E-state index in [1.165, 1.54) is 6.21 Å². The summed E-state index contributed by atoms with van der Waals surface area (Å²) in [6.45, 7) is 0.540. The number of hydrogen-bond donors (Lipinski definition) is 2. The first-order valence-electron chi connectivity index (χ1n) is 2.82. The highest BCUT2D eigenvalue weighted by atomic mass is 16.5. The molecule has 0 radical (unpaired) electrons. The van der Waals surface area contributed by atoms with E-state index in [0.717, 1.165) is 0 Å². The highest BCUT2D eigenvalue weighted by Gasteiger charge is 2.24. The van der Waals surface area contributed by atoms with Crippen LogP contribution >= 0.6 is 0 Å². The second kappa shape index (κ2) is 2.80. The zero-order valence-electron chi connectivity index (χ0n) is 4.90. The predicted molar refractivity (Wildman–Crippen MR) is 30.6 cm³/mol. The zero-order chi connectivity index (χ0) is 6.69. The van der Waals surface area contributed by atoms with Gasteiger partial charge in [0.25, 0.3) is 0 Å². The molecule has 1 saturated heterocycles. The van der Waals surface area contributed by atoms with Crippen LogP contribution in [0.15, 0.2) is 5.16 Å². The highest BCUT2D eigenvalue weighted by Crippen LogP contribution is 2.10. The molecule has 1 fully saturated rings. The minimum Gasteiger partial charge on any atom is -0.411 e. The summed E-state index contributed by atoms with van der Waals surface area (Å²) in [7, 11) is 0. The zero-order valence-corrected chi connectivity index (χ0v) is 4.90. The van der Waals surface area contributed by atoms with Crippen LogP contribution in [0.5, 0.6) is 0 Å². The van der Waals surface area contributed by atoms with Crippen molar-refractivity contribution in [1.29, 1.82) is 0 Å². The molecule has 1 rings (SSSR count). The van der Waals surface area contributed by atoms with Crippen LogP contribution in [-0.4, -0.2) is 35.3 Å². The average Bonchev–Trinajstić information content (AvgIpc) is 2.18. The number of aliphatic hydroxyl groups excluding tert-OH is 1. The molecule has 0 aromatic carbocycles. The van der Waals surface area contributed by atoms with Crippen LogP contribution in [0.3, 0.4) is 0 Å². The van der Waals surface area contributed by atoms with Gasteiger partial charge in [0.05, 0.1) is 18.9 Å². The van der Waals surface area contributed by atoms with Crippen molar-refractivity contribution in [3.63, 3.8) is 0 Å². The Morgan fingerprint density at radius 1 is 1.67 bits per heavy atom. The molecule has 2 N–H and O–H groups in total. The Kier molecular flexibility index (Phi) is 2.02. The minimum absolute atomic E-state index is 0.407. The van der Waals surface area contributed by atoms with Crippen molar-refractivity contribution >= 4 is 6.21 Å². The summed E-state index contributed by atoms with van der Waals surface area (Å²) in [5, 5.41) is 19.8. The van der Waals surface area contributed by atoms with Crippen LogP contribution in [0.4, 0.5) is 0 Å². The topological polar surface area (TPSA) is 62.1 Å². The Bertz CT molecular complexity index is 115. The Morgan fingerprint density at radius 3 is 2.89 bits per heavy atom. The van der Waals surface area contributed by atoms with E-state index in [0.29, 0.717) is 13.0 Å². The summed E-state index contributed by atoms with van der Waals surface area (Å²) >= 11 is 0. The van der Waals surface area contributed by atoms with Crippen molar-refractivity contribution in [2.24, 2.45) is 5.16 Å². The lowest BCUT2D eigenvalue weighted by Crippen LogP contribution is -2.21. The van der Waals surface area contributed by atoms with Crippen molar-refractivity contribution in [3.05, 3.63) is 0 Å². The summed E-state index contributed by atoms with van der Waals surface area (Å²) in [6.07, 6.45) is 0.907. The van der Waals surface area contributed by atoms with Gasteiger partial charge in [-0.05, 0) is 6.42 Å². The van der Waals surface area contributed by atoms with Gasteiger partial charge in [-0.3, -0.25) is 0 Å². The molecule has 0 saturated carbocycles. The second-order valence-electron chi connectivity index (χ2n) is 1.96. The molecule has 52 valence electrons. The fourth-order valence-electron chi connectivity index (χ4n) is 0.808. The van der Waals surface area contributed by atoms with Crippen molar-refractivity contribution in [2.75, 3.05) is 6.61 Å². The number of hydrogen-bond acceptors (Lipinski definition) is 4. The van der Waals surface area contributed by atoms with Gasteiger partial charge < -0.3 is 15.1 Å². The maximum absolute atomic E-state index is 8.99. The quantitative estimate of drug-likeness (QED) is 0.289. The lowest BCUT2D eigenvalue weighted by Gasteiger charge is -2.04. The molecule has 9 heavy (non-hydrogen) atoms. The van der Waals surface area contributed by atoms with E-state index in [9.17, 15) is 0 Å². The van der Waals surface area contributed by atoms with Crippen molar-refractivity contribution in [2.45, 2.75) is 18.6 Å². The lowest BCUT2D eigenvalue weighted by atomic mass is 10.2. The van der Waals surface area contributed by atoms with Gasteiger partial charge in [0, 0.05) is 0 Å². The molecule has 0 unspecified atom stereocenters. The van der Waals surface area contributed by atoms with E-state index in [1.807, 2.05) is 0 Å². The predicted octanol–water partition coefficient (Wildman–Crippen LogP) is -0.404. The number of nitrogens with zero attached hydrogens (tertiary/aromatic N) is 1. The molecule has 4 heteroatoms. The van der Waals surface area contributed by atoms with Gasteiger partial charge in [-0.2, -0.15) is 0 Å². The molecule has 0 bridgehead atoms. The maximum Gasteiger partial charge on any atom is 0.122 e. The first-order valence-corrected chi connectivity index (χ1v) is 2.82. The standard InChI is InChI=1S/C5H9NO3/c7-4-1-2-9-5(4)3-6-8/h3-5,7-8H,1-2H2/b6-3+/t4-,5-/m1/s1. The Labute approximate surface area is 52.7 Å². The van der Waals surface area contributed by atoms with Gasteiger partial charge in [-0.15, -0.1) is 0 Å². The summed E-state index contributed by atoms with van der Waals surface area (Å²) in [5.74, 6) is 0. The third-order valence-corrected chi connectivity index (χ3v) is 1.32. The monoisotopic (exact) mass is 131 g/mol. The molecule has 0 spiro atoms. The molecule has 2 atom stereocenters. The van der Waals surface area contributed by atoms with E-state index in [-0.39, 0.29) is 0 Å². The van der Waals surface area contributed by atoms with E-state index >= 15 is 0 Å². The molecule has 1 aliphatic rings. The summed E-state index contributed by atoms with van der Waals surface area (Å²) in [4.78, 5) is 0.